The van der Waals surface area contributed by atoms with Gasteiger partial charge >= 0.3 is 0 Å². The van der Waals surface area contributed by atoms with Crippen LogP contribution in [0.4, 0.5) is 0 Å². The maximum absolute atomic E-state index is 13.0. The molecule has 2 aliphatic carbocycles. The lowest BCUT2D eigenvalue weighted by atomic mass is 10.2. The van der Waals surface area contributed by atoms with Gasteiger partial charge < -0.3 is 9.13 Å². The third-order valence-corrected chi connectivity index (χ3v) is 6.84. The quantitative estimate of drug-likeness (QED) is 0.401. The standard InChI is InChI=1S/C23H26N4OS/c1-14-4-8-18(9-5-14)26-15(2)12-20(16(26)3)21(28)13-29-23-25-24-22(17-6-7-17)27(23)19-10-11-19/h4-5,8-9,12,17,19H,6-7,10-11,13H2,1-3H3. The fourth-order valence-corrected chi connectivity index (χ4v) is 4.92. The van der Waals surface area contributed by atoms with Crippen molar-refractivity contribution in [2.45, 2.75) is 63.6 Å². The normalized spacial score (nSPS) is 16.4. The number of rotatable bonds is 7. The molecule has 0 atom stereocenters. The number of hydrogen-bond donors (Lipinski definition) is 0. The lowest BCUT2D eigenvalue weighted by Crippen LogP contribution is -2.07. The van der Waals surface area contributed by atoms with Gasteiger partial charge in [-0.25, -0.2) is 0 Å². The van der Waals surface area contributed by atoms with Crippen molar-refractivity contribution in [2.75, 3.05) is 5.75 Å². The molecule has 0 unspecified atom stereocenters. The van der Waals surface area contributed by atoms with Crippen molar-refractivity contribution < 1.29 is 4.79 Å². The first-order valence-electron chi connectivity index (χ1n) is 10.4. The van der Waals surface area contributed by atoms with E-state index < -0.39 is 0 Å². The number of hydrogen-bond acceptors (Lipinski definition) is 4. The van der Waals surface area contributed by atoms with Gasteiger partial charge in [-0.3, -0.25) is 4.79 Å². The minimum absolute atomic E-state index is 0.153. The van der Waals surface area contributed by atoms with E-state index in [1.165, 1.54) is 43.0 Å². The molecule has 5 nitrogen and oxygen atoms in total. The van der Waals surface area contributed by atoms with Crippen molar-refractivity contribution in [3.05, 3.63) is 58.7 Å². The lowest BCUT2D eigenvalue weighted by molar-refractivity contribution is 0.102. The summed E-state index contributed by atoms with van der Waals surface area (Å²) in [6.45, 7) is 6.17. The third-order valence-electron chi connectivity index (χ3n) is 5.90. The van der Waals surface area contributed by atoms with Crippen LogP contribution < -0.4 is 0 Å². The molecule has 6 heteroatoms. The van der Waals surface area contributed by atoms with Crippen LogP contribution in [0.25, 0.3) is 5.69 Å². The van der Waals surface area contributed by atoms with E-state index in [0.29, 0.717) is 17.7 Å². The molecule has 2 fully saturated rings. The molecule has 0 aliphatic heterocycles. The van der Waals surface area contributed by atoms with E-state index in [1.807, 2.05) is 13.0 Å². The van der Waals surface area contributed by atoms with Crippen molar-refractivity contribution in [3.63, 3.8) is 0 Å². The number of carbonyl (C=O) groups is 1. The molecule has 29 heavy (non-hydrogen) atoms. The number of carbonyl (C=O) groups excluding carboxylic acids is 1. The van der Waals surface area contributed by atoms with Gasteiger partial charge in [-0.2, -0.15) is 0 Å². The molecule has 2 aliphatic rings. The summed E-state index contributed by atoms with van der Waals surface area (Å²) in [5.41, 5.74) is 5.21. The minimum Gasteiger partial charge on any atom is -0.318 e. The Morgan fingerprint density at radius 2 is 1.79 bits per heavy atom. The van der Waals surface area contributed by atoms with Gasteiger partial charge in [0.1, 0.15) is 5.82 Å². The molecular formula is C23H26N4OS. The SMILES string of the molecule is Cc1ccc(-n2c(C)cc(C(=O)CSc3nnc(C4CC4)n3C3CC3)c2C)cc1. The van der Waals surface area contributed by atoms with E-state index in [9.17, 15) is 4.79 Å². The first-order valence-corrected chi connectivity index (χ1v) is 11.4. The van der Waals surface area contributed by atoms with Crippen LogP contribution in [0.2, 0.25) is 0 Å². The smallest absolute Gasteiger partial charge is 0.191 e. The zero-order valence-corrected chi connectivity index (χ0v) is 18.0. The number of thioether (sulfide) groups is 1. The van der Waals surface area contributed by atoms with Gasteiger partial charge in [-0.1, -0.05) is 29.5 Å². The zero-order valence-electron chi connectivity index (χ0n) is 17.2. The molecule has 2 aromatic heterocycles. The molecule has 1 aromatic carbocycles. The summed E-state index contributed by atoms with van der Waals surface area (Å²) in [6, 6.07) is 11.0. The summed E-state index contributed by atoms with van der Waals surface area (Å²) >= 11 is 1.54. The van der Waals surface area contributed by atoms with Crippen molar-refractivity contribution in [3.8, 4) is 5.69 Å². The molecule has 3 aromatic rings. The fraction of sp³-hybridized carbons (Fsp3) is 0.435. The first-order chi connectivity index (χ1) is 14.0. The number of aromatic nitrogens is 4. The molecular weight excluding hydrogens is 380 g/mol. The largest absolute Gasteiger partial charge is 0.318 e. The third kappa shape index (κ3) is 3.54. The van der Waals surface area contributed by atoms with Gasteiger partial charge in [-0.15, -0.1) is 10.2 Å². The Bertz CT molecular complexity index is 1070. The van der Waals surface area contributed by atoms with Crippen molar-refractivity contribution in [1.82, 2.24) is 19.3 Å². The van der Waals surface area contributed by atoms with E-state index in [2.05, 4.69) is 57.4 Å². The Kier molecular flexibility index (Phi) is 4.62. The van der Waals surface area contributed by atoms with E-state index >= 15 is 0 Å². The second kappa shape index (κ2) is 7.17. The molecule has 2 heterocycles. The van der Waals surface area contributed by atoms with Crippen molar-refractivity contribution in [2.24, 2.45) is 0 Å². The Labute approximate surface area is 175 Å². The predicted octanol–water partition coefficient (Wildman–Crippen LogP) is 5.18. The van der Waals surface area contributed by atoms with Crippen molar-refractivity contribution >= 4 is 17.5 Å². The number of ketones is 1. The van der Waals surface area contributed by atoms with Crippen LogP contribution in [-0.4, -0.2) is 30.9 Å². The monoisotopic (exact) mass is 406 g/mol. The molecule has 0 spiro atoms. The highest BCUT2D eigenvalue weighted by molar-refractivity contribution is 7.99. The minimum atomic E-state index is 0.153. The summed E-state index contributed by atoms with van der Waals surface area (Å²) in [5, 5.41) is 9.79. The highest BCUT2D eigenvalue weighted by Crippen LogP contribution is 2.46. The molecule has 0 N–H and O–H groups in total. The van der Waals surface area contributed by atoms with Crippen LogP contribution in [0.1, 0.15) is 70.8 Å². The summed E-state index contributed by atoms with van der Waals surface area (Å²) in [5.74, 6) is 2.27. The molecule has 0 amide bonds. The Hall–Kier alpha value is -2.34. The Balaban J connectivity index is 1.36. The maximum atomic E-state index is 13.0. The molecule has 0 bridgehead atoms. The summed E-state index contributed by atoms with van der Waals surface area (Å²) < 4.78 is 4.47. The second-order valence-corrected chi connectivity index (χ2v) is 9.33. The van der Waals surface area contributed by atoms with Gasteiger partial charge in [-0.05, 0) is 64.7 Å². The number of aryl methyl sites for hydroxylation is 2. The number of benzene rings is 1. The molecule has 2 saturated carbocycles. The van der Waals surface area contributed by atoms with E-state index in [4.69, 9.17) is 0 Å². The topological polar surface area (TPSA) is 52.7 Å². The van der Waals surface area contributed by atoms with Gasteiger partial charge in [0.05, 0.1) is 5.75 Å². The number of Topliss-reactive ketones (excluding diaryl/α,β-unsaturated/α-hetero) is 1. The maximum Gasteiger partial charge on any atom is 0.191 e. The van der Waals surface area contributed by atoms with Crippen LogP contribution in [-0.2, 0) is 0 Å². The second-order valence-electron chi connectivity index (χ2n) is 8.38. The van der Waals surface area contributed by atoms with Gasteiger partial charge in [0, 0.05) is 34.6 Å². The van der Waals surface area contributed by atoms with Crippen LogP contribution in [0, 0.1) is 20.8 Å². The van der Waals surface area contributed by atoms with Crippen LogP contribution in [0.5, 0.6) is 0 Å². The Morgan fingerprint density at radius 1 is 1.07 bits per heavy atom. The average Bonchev–Trinajstić information content (AvgIpc) is 3.64. The molecule has 0 radical (unpaired) electrons. The molecule has 150 valence electrons. The van der Waals surface area contributed by atoms with Gasteiger partial charge in [0.2, 0.25) is 0 Å². The first kappa shape index (κ1) is 18.7. The number of nitrogens with zero attached hydrogens (tertiary/aromatic N) is 4. The highest BCUT2D eigenvalue weighted by Gasteiger charge is 2.36. The Morgan fingerprint density at radius 3 is 2.45 bits per heavy atom. The highest BCUT2D eigenvalue weighted by atomic mass is 32.2. The average molecular weight is 407 g/mol. The van der Waals surface area contributed by atoms with Crippen LogP contribution >= 0.6 is 11.8 Å². The van der Waals surface area contributed by atoms with Gasteiger partial charge in [0.25, 0.3) is 0 Å². The van der Waals surface area contributed by atoms with E-state index in [1.54, 1.807) is 0 Å². The van der Waals surface area contributed by atoms with E-state index in [-0.39, 0.29) is 5.78 Å². The molecule has 5 rings (SSSR count). The van der Waals surface area contributed by atoms with Crippen LogP contribution in [0.3, 0.4) is 0 Å². The molecule has 0 saturated heterocycles. The summed E-state index contributed by atoms with van der Waals surface area (Å²) in [7, 11) is 0. The van der Waals surface area contributed by atoms with Gasteiger partial charge in [0.15, 0.2) is 10.9 Å². The van der Waals surface area contributed by atoms with Crippen molar-refractivity contribution in [1.29, 1.82) is 0 Å². The zero-order chi connectivity index (χ0) is 20.1. The fourth-order valence-electron chi connectivity index (χ4n) is 4.03. The summed E-state index contributed by atoms with van der Waals surface area (Å²) in [4.78, 5) is 13.0. The predicted molar refractivity (Wildman–Crippen MR) is 115 cm³/mol. The lowest BCUT2D eigenvalue weighted by Gasteiger charge is -2.10. The van der Waals surface area contributed by atoms with E-state index in [0.717, 1.165) is 33.6 Å². The van der Waals surface area contributed by atoms with Crippen LogP contribution in [0.15, 0.2) is 35.5 Å². The summed E-state index contributed by atoms with van der Waals surface area (Å²) in [6.07, 6.45) is 4.85.